The molecule has 0 bridgehead atoms. The summed E-state index contributed by atoms with van der Waals surface area (Å²) in [6.07, 6.45) is 5.26. The molecule has 0 saturated carbocycles. The van der Waals surface area contributed by atoms with Crippen LogP contribution in [0.15, 0.2) is 60.7 Å². The van der Waals surface area contributed by atoms with Crippen LogP contribution < -0.4 is 0 Å². The molecule has 1 amide bonds. The Kier molecular flexibility index (Phi) is 6.09. The highest BCUT2D eigenvalue weighted by atomic mass is 16.2. The lowest BCUT2D eigenvalue weighted by Gasteiger charge is -2.20. The Morgan fingerprint density at radius 3 is 2.45 bits per heavy atom. The van der Waals surface area contributed by atoms with Gasteiger partial charge in [0.25, 0.3) is 5.91 Å². The molecule has 0 atom stereocenters. The van der Waals surface area contributed by atoms with E-state index in [1.165, 1.54) is 12.0 Å². The van der Waals surface area contributed by atoms with Gasteiger partial charge < -0.3 is 9.47 Å². The van der Waals surface area contributed by atoms with E-state index in [-0.39, 0.29) is 5.91 Å². The summed E-state index contributed by atoms with van der Waals surface area (Å²) in [6, 6.07) is 20.6. The number of benzene rings is 2. The van der Waals surface area contributed by atoms with Gasteiger partial charge in [-0.15, -0.1) is 0 Å². The van der Waals surface area contributed by atoms with E-state index in [9.17, 15) is 4.79 Å². The number of nitrogens with zero attached hydrogens (tertiary/aromatic N) is 3. The Morgan fingerprint density at radius 2 is 1.72 bits per heavy atom. The first-order chi connectivity index (χ1) is 14.3. The average Bonchev–Trinajstić information content (AvgIpc) is 2.96. The summed E-state index contributed by atoms with van der Waals surface area (Å²) in [4.78, 5) is 20.3. The summed E-state index contributed by atoms with van der Waals surface area (Å²) in [5.74, 6) is 1.00. The van der Waals surface area contributed by atoms with Gasteiger partial charge in [-0.05, 0) is 38.2 Å². The topological polar surface area (TPSA) is 38.1 Å². The van der Waals surface area contributed by atoms with Gasteiger partial charge in [-0.25, -0.2) is 4.98 Å². The molecule has 150 valence electrons. The number of fused-ring (bicyclic) bond motifs is 1. The second-order valence-corrected chi connectivity index (χ2v) is 7.68. The van der Waals surface area contributed by atoms with Gasteiger partial charge in [0.1, 0.15) is 11.5 Å². The Labute approximate surface area is 173 Å². The molecule has 0 N–H and O–H groups in total. The summed E-state index contributed by atoms with van der Waals surface area (Å²) in [5.41, 5.74) is 4.11. The number of hydrogen-bond acceptors (Lipinski definition) is 2. The van der Waals surface area contributed by atoms with E-state index < -0.39 is 0 Å². The van der Waals surface area contributed by atoms with E-state index in [0.29, 0.717) is 18.8 Å². The molecule has 0 aliphatic carbocycles. The van der Waals surface area contributed by atoms with Crippen LogP contribution in [0.4, 0.5) is 0 Å². The number of likely N-dealkylation sites (N-methyl/N-ethyl adjacent to an activating group) is 1. The highest BCUT2D eigenvalue weighted by Crippen LogP contribution is 2.28. The number of imidazole rings is 1. The number of aromatic nitrogens is 2. The summed E-state index contributed by atoms with van der Waals surface area (Å²) < 4.78 is 2.29. The second kappa shape index (κ2) is 9.08. The molecule has 4 nitrogen and oxygen atoms in total. The highest BCUT2D eigenvalue weighted by Gasteiger charge is 2.26. The van der Waals surface area contributed by atoms with Crippen LogP contribution in [0.5, 0.6) is 0 Å². The van der Waals surface area contributed by atoms with Crippen LogP contribution in [0, 0.1) is 0 Å². The molecule has 0 radical (unpaired) electrons. The quantitative estimate of drug-likeness (QED) is 0.598. The molecule has 2 aromatic carbocycles. The third-order valence-electron chi connectivity index (χ3n) is 5.78. The normalized spacial score (nSPS) is 13.6. The van der Waals surface area contributed by atoms with Crippen LogP contribution in [0.1, 0.15) is 47.9 Å². The Morgan fingerprint density at radius 1 is 1.00 bits per heavy atom. The summed E-state index contributed by atoms with van der Waals surface area (Å²) in [7, 11) is 0. The zero-order valence-corrected chi connectivity index (χ0v) is 17.2. The smallest absolute Gasteiger partial charge is 0.274 e. The molecule has 1 aliphatic rings. The standard InChI is InChI=1S/C25H29N3O/c1-2-27(19-17-20-12-6-3-7-13-20)25(29)23-22-16-10-5-11-18-28(22)24(26-23)21-14-8-4-9-15-21/h3-4,6-9,12-15H,2,5,10-11,16-19H2,1H3. The molecule has 0 spiro atoms. The number of amides is 1. The minimum Gasteiger partial charge on any atom is -0.337 e. The zero-order chi connectivity index (χ0) is 20.1. The van der Waals surface area contributed by atoms with Crippen molar-refractivity contribution < 1.29 is 4.79 Å². The maximum atomic E-state index is 13.5. The first-order valence-electron chi connectivity index (χ1n) is 10.8. The summed E-state index contributed by atoms with van der Waals surface area (Å²) >= 11 is 0. The summed E-state index contributed by atoms with van der Waals surface area (Å²) in [6.45, 7) is 4.40. The van der Waals surface area contributed by atoms with Crippen LogP contribution in [-0.4, -0.2) is 33.4 Å². The fourth-order valence-electron chi connectivity index (χ4n) is 4.16. The molecule has 1 aromatic heterocycles. The lowest BCUT2D eigenvalue weighted by molar-refractivity contribution is 0.0759. The largest absolute Gasteiger partial charge is 0.337 e. The van der Waals surface area contributed by atoms with Crippen molar-refractivity contribution in [1.29, 1.82) is 0 Å². The molecular weight excluding hydrogens is 358 g/mol. The number of carbonyl (C=O) groups is 1. The lowest BCUT2D eigenvalue weighted by atomic mass is 10.1. The first-order valence-corrected chi connectivity index (χ1v) is 10.8. The molecule has 0 fully saturated rings. The van der Waals surface area contributed by atoms with Crippen molar-refractivity contribution in [3.8, 4) is 11.4 Å². The van der Waals surface area contributed by atoms with Gasteiger partial charge in [-0.1, -0.05) is 67.1 Å². The Balaban J connectivity index is 1.64. The van der Waals surface area contributed by atoms with E-state index in [4.69, 9.17) is 4.98 Å². The van der Waals surface area contributed by atoms with E-state index in [2.05, 4.69) is 47.9 Å². The fourth-order valence-corrected chi connectivity index (χ4v) is 4.16. The lowest BCUT2D eigenvalue weighted by Crippen LogP contribution is -2.33. The third kappa shape index (κ3) is 4.26. The monoisotopic (exact) mass is 387 g/mol. The van der Waals surface area contributed by atoms with Crippen LogP contribution in [0.3, 0.4) is 0 Å². The maximum Gasteiger partial charge on any atom is 0.274 e. The van der Waals surface area contributed by atoms with E-state index >= 15 is 0 Å². The Bertz CT molecular complexity index is 947. The molecule has 3 aromatic rings. The number of carbonyl (C=O) groups excluding carboxylic acids is 1. The van der Waals surface area contributed by atoms with Crippen molar-refractivity contribution >= 4 is 5.91 Å². The van der Waals surface area contributed by atoms with Gasteiger partial charge in [0.15, 0.2) is 0 Å². The molecule has 2 heterocycles. The zero-order valence-electron chi connectivity index (χ0n) is 17.2. The van der Waals surface area contributed by atoms with Gasteiger partial charge in [-0.3, -0.25) is 4.79 Å². The van der Waals surface area contributed by atoms with Gasteiger partial charge in [-0.2, -0.15) is 0 Å². The molecule has 0 unspecified atom stereocenters. The molecule has 0 saturated heterocycles. The van der Waals surface area contributed by atoms with Crippen LogP contribution in [-0.2, 0) is 19.4 Å². The van der Waals surface area contributed by atoms with Gasteiger partial charge >= 0.3 is 0 Å². The fraction of sp³-hybridized carbons (Fsp3) is 0.360. The van der Waals surface area contributed by atoms with E-state index in [0.717, 1.165) is 49.3 Å². The second-order valence-electron chi connectivity index (χ2n) is 7.68. The van der Waals surface area contributed by atoms with Crippen molar-refractivity contribution in [3.05, 3.63) is 77.6 Å². The van der Waals surface area contributed by atoms with Crippen LogP contribution >= 0.6 is 0 Å². The number of hydrogen-bond donors (Lipinski definition) is 0. The SMILES string of the molecule is CCN(CCc1ccccc1)C(=O)c1nc(-c2ccccc2)n2c1CCCCC2. The van der Waals surface area contributed by atoms with Gasteiger partial charge in [0.05, 0.1) is 5.69 Å². The Hall–Kier alpha value is -2.88. The summed E-state index contributed by atoms with van der Waals surface area (Å²) in [5, 5.41) is 0. The third-order valence-corrected chi connectivity index (χ3v) is 5.78. The van der Waals surface area contributed by atoms with Crippen molar-refractivity contribution in [1.82, 2.24) is 14.5 Å². The molecule has 1 aliphatic heterocycles. The average molecular weight is 388 g/mol. The van der Waals surface area contributed by atoms with Crippen molar-refractivity contribution in [2.24, 2.45) is 0 Å². The molecule has 4 rings (SSSR count). The van der Waals surface area contributed by atoms with Crippen molar-refractivity contribution in [3.63, 3.8) is 0 Å². The van der Waals surface area contributed by atoms with Gasteiger partial charge in [0.2, 0.25) is 0 Å². The van der Waals surface area contributed by atoms with Gasteiger partial charge in [0, 0.05) is 25.2 Å². The van der Waals surface area contributed by atoms with Crippen molar-refractivity contribution in [2.75, 3.05) is 13.1 Å². The first kappa shape index (κ1) is 19.4. The molecule has 4 heteroatoms. The molecule has 29 heavy (non-hydrogen) atoms. The van der Waals surface area contributed by atoms with E-state index in [1.54, 1.807) is 0 Å². The molecular formula is C25H29N3O. The maximum absolute atomic E-state index is 13.5. The predicted molar refractivity (Wildman–Crippen MR) is 117 cm³/mol. The highest BCUT2D eigenvalue weighted by molar-refractivity contribution is 5.94. The minimum absolute atomic E-state index is 0.0660. The van der Waals surface area contributed by atoms with E-state index in [1.807, 2.05) is 29.2 Å². The van der Waals surface area contributed by atoms with Crippen LogP contribution in [0.25, 0.3) is 11.4 Å². The van der Waals surface area contributed by atoms with Crippen LogP contribution in [0.2, 0.25) is 0 Å². The number of rotatable bonds is 6. The minimum atomic E-state index is 0.0660. The van der Waals surface area contributed by atoms with Crippen molar-refractivity contribution in [2.45, 2.75) is 45.6 Å². The predicted octanol–water partition coefficient (Wildman–Crippen LogP) is 4.98.